The van der Waals surface area contributed by atoms with Crippen LogP contribution in [0.1, 0.15) is 12.0 Å². The van der Waals surface area contributed by atoms with Crippen LogP contribution in [0.3, 0.4) is 0 Å². The van der Waals surface area contributed by atoms with Crippen molar-refractivity contribution in [3.63, 3.8) is 0 Å². The van der Waals surface area contributed by atoms with E-state index in [0.29, 0.717) is 28.8 Å². The molecule has 1 heterocycles. The molecule has 0 spiro atoms. The number of para-hydroxylation sites is 2. The number of hydrogen-bond donors (Lipinski definition) is 1. The van der Waals surface area contributed by atoms with E-state index in [4.69, 9.17) is 0 Å². The zero-order valence-corrected chi connectivity index (χ0v) is 14.7. The summed E-state index contributed by atoms with van der Waals surface area (Å²) in [5.74, 6) is 0.365. The van der Waals surface area contributed by atoms with Gasteiger partial charge >= 0.3 is 0 Å². The minimum Gasteiger partial charge on any atom is -0.338 e. The highest BCUT2D eigenvalue weighted by Gasteiger charge is 2.40. The Morgan fingerprint density at radius 3 is 2.61 bits per heavy atom. The number of aromatic amines is 1. The second-order valence-electron chi connectivity index (χ2n) is 6.70. The number of H-pyrrole nitrogens is 1. The maximum absolute atomic E-state index is 11.8. The molecule has 140 valence electrons. The number of nitro groups is 2. The highest BCUT2D eigenvalue weighted by Crippen LogP contribution is 2.32. The molecule has 1 aliphatic carbocycles. The molecule has 1 unspecified atom stereocenters. The van der Waals surface area contributed by atoms with Gasteiger partial charge in [-0.3, -0.25) is 20.2 Å². The summed E-state index contributed by atoms with van der Waals surface area (Å²) < 4.78 is 0. The van der Waals surface area contributed by atoms with Gasteiger partial charge in [0.05, 0.1) is 21.5 Å². The van der Waals surface area contributed by atoms with Crippen LogP contribution < -0.4 is 0 Å². The molecule has 4 rings (SSSR count). The highest BCUT2D eigenvalue weighted by atomic mass is 16.6. The second-order valence-corrected chi connectivity index (χ2v) is 6.70. The molecule has 0 fully saturated rings. The number of hydrogen-bond acceptors (Lipinski definition) is 5. The first-order valence-electron chi connectivity index (χ1n) is 8.70. The molecule has 0 saturated heterocycles. The number of allylic oxidation sites excluding steroid dienone is 2. The highest BCUT2D eigenvalue weighted by molar-refractivity contribution is 5.84. The van der Waals surface area contributed by atoms with Crippen molar-refractivity contribution < 1.29 is 9.85 Å². The average molecular weight is 376 g/mol. The van der Waals surface area contributed by atoms with Crippen LogP contribution in [0.25, 0.3) is 22.4 Å². The van der Waals surface area contributed by atoms with Gasteiger partial charge in [0.25, 0.3) is 5.69 Å². The topological polar surface area (TPSA) is 115 Å². The van der Waals surface area contributed by atoms with Crippen molar-refractivity contribution in [3.05, 3.63) is 92.6 Å². The summed E-state index contributed by atoms with van der Waals surface area (Å²) >= 11 is 0. The van der Waals surface area contributed by atoms with Crippen LogP contribution in [0.5, 0.6) is 0 Å². The minimum atomic E-state index is -1.22. The van der Waals surface area contributed by atoms with Crippen LogP contribution in [0.15, 0.2) is 66.8 Å². The van der Waals surface area contributed by atoms with Crippen molar-refractivity contribution in [2.45, 2.75) is 18.4 Å². The summed E-state index contributed by atoms with van der Waals surface area (Å²) in [7, 11) is 0. The Balaban J connectivity index is 1.81. The monoisotopic (exact) mass is 376 g/mol. The Morgan fingerprint density at radius 1 is 1.07 bits per heavy atom. The van der Waals surface area contributed by atoms with Gasteiger partial charge in [-0.15, -0.1) is 0 Å². The van der Waals surface area contributed by atoms with Crippen molar-refractivity contribution in [1.29, 1.82) is 0 Å². The molecule has 0 amide bonds. The van der Waals surface area contributed by atoms with E-state index in [1.807, 2.05) is 6.07 Å². The van der Waals surface area contributed by atoms with Gasteiger partial charge in [0.1, 0.15) is 5.82 Å². The summed E-state index contributed by atoms with van der Waals surface area (Å²) in [6, 6.07) is 11.8. The van der Waals surface area contributed by atoms with Crippen molar-refractivity contribution in [2.24, 2.45) is 0 Å². The number of nitrogens with one attached hydrogen (secondary N) is 1. The van der Waals surface area contributed by atoms with Gasteiger partial charge in [-0.25, -0.2) is 4.98 Å². The number of benzene rings is 2. The van der Waals surface area contributed by atoms with Crippen LogP contribution in [0, 0.1) is 20.2 Å². The fourth-order valence-electron chi connectivity index (χ4n) is 3.51. The molecule has 0 aliphatic heterocycles. The van der Waals surface area contributed by atoms with E-state index in [1.54, 1.807) is 54.6 Å². The minimum absolute atomic E-state index is 0.0507. The van der Waals surface area contributed by atoms with Gasteiger partial charge in [0.15, 0.2) is 0 Å². The van der Waals surface area contributed by atoms with E-state index in [9.17, 15) is 20.2 Å². The Morgan fingerprint density at radius 2 is 1.89 bits per heavy atom. The van der Waals surface area contributed by atoms with Crippen molar-refractivity contribution >= 4 is 16.7 Å². The van der Waals surface area contributed by atoms with E-state index >= 15 is 0 Å². The number of imidazole rings is 1. The molecule has 28 heavy (non-hydrogen) atoms. The lowest BCUT2D eigenvalue weighted by Gasteiger charge is -2.22. The SMILES string of the molecule is O=[N+]([O-])c1ccccc1-c1nc2c(CC3([N+](=O)[O-])C=CC=CC3)cccc2[nH]1. The summed E-state index contributed by atoms with van der Waals surface area (Å²) in [5.41, 5.74) is 1.08. The number of fused-ring (bicyclic) bond motifs is 1. The van der Waals surface area contributed by atoms with Crippen LogP contribution in [0.4, 0.5) is 5.69 Å². The van der Waals surface area contributed by atoms with E-state index in [2.05, 4.69) is 9.97 Å². The van der Waals surface area contributed by atoms with Crippen molar-refractivity contribution in [3.8, 4) is 11.4 Å². The molecule has 1 N–H and O–H groups in total. The predicted octanol–water partition coefficient (Wildman–Crippen LogP) is 4.21. The molecule has 1 aliphatic rings. The summed E-state index contributed by atoms with van der Waals surface area (Å²) in [5, 5.41) is 23.1. The Bertz CT molecular complexity index is 1150. The quantitative estimate of drug-likeness (QED) is 0.529. The molecule has 0 bridgehead atoms. The zero-order chi connectivity index (χ0) is 19.7. The van der Waals surface area contributed by atoms with E-state index in [-0.39, 0.29) is 17.0 Å². The Kier molecular flexibility index (Phi) is 4.23. The van der Waals surface area contributed by atoms with Crippen LogP contribution in [-0.2, 0) is 6.42 Å². The number of aromatic nitrogens is 2. The molecule has 8 nitrogen and oxygen atoms in total. The van der Waals surface area contributed by atoms with Crippen molar-refractivity contribution in [1.82, 2.24) is 9.97 Å². The molecule has 1 aromatic heterocycles. The average Bonchev–Trinajstić information content (AvgIpc) is 3.14. The molecule has 0 radical (unpaired) electrons. The van der Waals surface area contributed by atoms with Gasteiger partial charge in [0, 0.05) is 23.8 Å². The fourth-order valence-corrected chi connectivity index (χ4v) is 3.51. The van der Waals surface area contributed by atoms with Crippen LogP contribution in [0.2, 0.25) is 0 Å². The van der Waals surface area contributed by atoms with Crippen LogP contribution >= 0.6 is 0 Å². The third kappa shape index (κ3) is 2.94. The number of nitrogens with zero attached hydrogens (tertiary/aromatic N) is 3. The lowest BCUT2D eigenvalue weighted by molar-refractivity contribution is -0.554. The fraction of sp³-hybridized carbons (Fsp3) is 0.150. The standard InChI is InChI=1S/C20H16N4O4/c25-23(26)17-10-3-2-8-15(17)19-21-16-9-6-7-14(18(16)22-19)13-20(24(27)28)11-4-1-5-12-20/h1-11H,12-13H2,(H,21,22). The second kappa shape index (κ2) is 6.73. The summed E-state index contributed by atoms with van der Waals surface area (Å²) in [6.45, 7) is 0. The normalized spacial score (nSPS) is 18.4. The van der Waals surface area contributed by atoms with Gasteiger partial charge in [-0.05, 0) is 23.8 Å². The van der Waals surface area contributed by atoms with Gasteiger partial charge < -0.3 is 4.98 Å². The van der Waals surface area contributed by atoms with Gasteiger partial charge in [-0.1, -0.05) is 42.5 Å². The number of rotatable bonds is 5. The first kappa shape index (κ1) is 17.6. The predicted molar refractivity (Wildman–Crippen MR) is 105 cm³/mol. The summed E-state index contributed by atoms with van der Waals surface area (Å²) in [6.07, 6.45) is 7.36. The molecule has 8 heteroatoms. The molecule has 3 aromatic rings. The van der Waals surface area contributed by atoms with E-state index < -0.39 is 10.5 Å². The molecule has 0 saturated carbocycles. The number of nitro benzene ring substituents is 1. The summed E-state index contributed by atoms with van der Waals surface area (Å²) in [4.78, 5) is 30.1. The lowest BCUT2D eigenvalue weighted by Crippen LogP contribution is -2.39. The first-order chi connectivity index (χ1) is 13.5. The van der Waals surface area contributed by atoms with E-state index in [0.717, 1.165) is 5.56 Å². The third-order valence-corrected chi connectivity index (χ3v) is 4.94. The maximum Gasteiger partial charge on any atom is 0.280 e. The zero-order valence-electron chi connectivity index (χ0n) is 14.7. The molecular formula is C20H16N4O4. The third-order valence-electron chi connectivity index (χ3n) is 4.94. The van der Waals surface area contributed by atoms with Gasteiger partial charge in [-0.2, -0.15) is 0 Å². The Labute approximate surface area is 159 Å². The Hall–Kier alpha value is -3.81. The van der Waals surface area contributed by atoms with Gasteiger partial charge in [0.2, 0.25) is 5.54 Å². The lowest BCUT2D eigenvalue weighted by atomic mass is 9.85. The van der Waals surface area contributed by atoms with Crippen molar-refractivity contribution in [2.75, 3.05) is 0 Å². The largest absolute Gasteiger partial charge is 0.338 e. The van der Waals surface area contributed by atoms with Crippen LogP contribution in [-0.4, -0.2) is 25.4 Å². The maximum atomic E-state index is 11.8. The van der Waals surface area contributed by atoms with E-state index in [1.165, 1.54) is 6.07 Å². The first-order valence-corrected chi connectivity index (χ1v) is 8.70. The molecular weight excluding hydrogens is 360 g/mol. The smallest absolute Gasteiger partial charge is 0.280 e. The molecule has 2 aromatic carbocycles. The molecule has 1 atom stereocenters.